The molecule has 7 nitrogen and oxygen atoms in total. The maximum absolute atomic E-state index is 11.5. The highest BCUT2D eigenvalue weighted by Gasteiger charge is 2.28. The quantitative estimate of drug-likeness (QED) is 0.862. The molecule has 1 atom stereocenters. The molecule has 3 rings (SSSR count). The minimum absolute atomic E-state index is 0.179. The highest BCUT2D eigenvalue weighted by Crippen LogP contribution is 2.16. The molecule has 1 aliphatic heterocycles. The van der Waals surface area contributed by atoms with Crippen molar-refractivity contribution >= 4 is 10.0 Å². The van der Waals surface area contributed by atoms with Crippen molar-refractivity contribution in [2.75, 3.05) is 19.3 Å². The number of hydrogen-bond donors (Lipinski definition) is 1. The lowest BCUT2D eigenvalue weighted by Gasteiger charge is -2.16. The number of aromatic nitrogens is 3. The second-order valence-electron chi connectivity index (χ2n) is 5.46. The molecule has 0 radical (unpaired) electrons. The summed E-state index contributed by atoms with van der Waals surface area (Å²) in [6.07, 6.45) is 5.26. The molecule has 1 fully saturated rings. The number of sulfonamides is 1. The molecule has 0 saturated carbocycles. The van der Waals surface area contributed by atoms with Crippen LogP contribution in [0.25, 0.3) is 5.69 Å². The SMILES string of the molecule is CS(=O)(=O)N1CCC(NCc2ccccc2-n2cncn2)C1. The highest BCUT2D eigenvalue weighted by molar-refractivity contribution is 7.88. The molecule has 2 aromatic rings. The molecule has 2 heterocycles. The van der Waals surface area contributed by atoms with Gasteiger partial charge in [-0.05, 0) is 18.1 Å². The van der Waals surface area contributed by atoms with Gasteiger partial charge in [0, 0.05) is 25.7 Å². The van der Waals surface area contributed by atoms with E-state index in [0.29, 0.717) is 19.6 Å². The fraction of sp³-hybridized carbons (Fsp3) is 0.429. The monoisotopic (exact) mass is 321 g/mol. The first-order valence-corrected chi connectivity index (χ1v) is 9.00. The van der Waals surface area contributed by atoms with Gasteiger partial charge in [-0.1, -0.05) is 18.2 Å². The van der Waals surface area contributed by atoms with Gasteiger partial charge in [0.25, 0.3) is 0 Å². The van der Waals surface area contributed by atoms with E-state index in [9.17, 15) is 8.42 Å². The van der Waals surface area contributed by atoms with Crippen LogP contribution in [-0.4, -0.2) is 52.9 Å². The van der Waals surface area contributed by atoms with Gasteiger partial charge in [0.1, 0.15) is 12.7 Å². The molecule has 118 valence electrons. The summed E-state index contributed by atoms with van der Waals surface area (Å²) >= 11 is 0. The average Bonchev–Trinajstić information content (AvgIpc) is 3.16. The lowest BCUT2D eigenvalue weighted by molar-refractivity contribution is 0.460. The largest absolute Gasteiger partial charge is 0.308 e. The van der Waals surface area contributed by atoms with Crippen LogP contribution in [0.4, 0.5) is 0 Å². The lowest BCUT2D eigenvalue weighted by atomic mass is 10.1. The molecule has 0 aliphatic carbocycles. The Labute approximate surface area is 130 Å². The van der Waals surface area contributed by atoms with Gasteiger partial charge in [-0.3, -0.25) is 0 Å². The van der Waals surface area contributed by atoms with Gasteiger partial charge in [-0.2, -0.15) is 5.10 Å². The zero-order chi connectivity index (χ0) is 15.6. The predicted octanol–water partition coefficient (Wildman–Crippen LogP) is 0.391. The van der Waals surface area contributed by atoms with Crippen molar-refractivity contribution in [2.45, 2.75) is 19.0 Å². The topological polar surface area (TPSA) is 80.1 Å². The van der Waals surface area contributed by atoms with Crippen molar-refractivity contribution in [1.29, 1.82) is 0 Å². The molecule has 1 aromatic heterocycles. The van der Waals surface area contributed by atoms with Crippen LogP contribution in [0.15, 0.2) is 36.9 Å². The van der Waals surface area contributed by atoms with Gasteiger partial charge in [-0.25, -0.2) is 22.4 Å². The molecule has 1 aromatic carbocycles. The number of hydrogen-bond acceptors (Lipinski definition) is 5. The van der Waals surface area contributed by atoms with Crippen molar-refractivity contribution in [3.8, 4) is 5.69 Å². The molecule has 1 unspecified atom stereocenters. The third-order valence-electron chi connectivity index (χ3n) is 3.86. The van der Waals surface area contributed by atoms with E-state index in [2.05, 4.69) is 15.4 Å². The van der Waals surface area contributed by atoms with Crippen LogP contribution in [0.1, 0.15) is 12.0 Å². The summed E-state index contributed by atoms with van der Waals surface area (Å²) in [7, 11) is -3.09. The number of benzene rings is 1. The van der Waals surface area contributed by atoms with E-state index in [4.69, 9.17) is 0 Å². The Hall–Kier alpha value is -1.77. The molecule has 22 heavy (non-hydrogen) atoms. The maximum Gasteiger partial charge on any atom is 0.211 e. The molecule has 0 spiro atoms. The smallest absolute Gasteiger partial charge is 0.211 e. The number of nitrogens with one attached hydrogen (secondary N) is 1. The van der Waals surface area contributed by atoms with Crippen LogP contribution < -0.4 is 5.32 Å². The number of para-hydroxylation sites is 1. The zero-order valence-corrected chi connectivity index (χ0v) is 13.2. The number of rotatable bonds is 5. The summed E-state index contributed by atoms with van der Waals surface area (Å²) in [5.74, 6) is 0. The van der Waals surface area contributed by atoms with Crippen molar-refractivity contribution in [1.82, 2.24) is 24.4 Å². The molecule has 1 saturated heterocycles. The van der Waals surface area contributed by atoms with Crippen LogP contribution >= 0.6 is 0 Å². The zero-order valence-electron chi connectivity index (χ0n) is 12.4. The second-order valence-corrected chi connectivity index (χ2v) is 7.44. The average molecular weight is 321 g/mol. The van der Waals surface area contributed by atoms with Crippen molar-refractivity contribution in [3.63, 3.8) is 0 Å². The summed E-state index contributed by atoms with van der Waals surface area (Å²) in [5.41, 5.74) is 2.08. The highest BCUT2D eigenvalue weighted by atomic mass is 32.2. The first-order chi connectivity index (χ1) is 10.5. The fourth-order valence-electron chi connectivity index (χ4n) is 2.67. The van der Waals surface area contributed by atoms with E-state index < -0.39 is 10.0 Å². The normalized spacial score (nSPS) is 19.6. The molecule has 0 bridgehead atoms. The first-order valence-electron chi connectivity index (χ1n) is 7.15. The summed E-state index contributed by atoms with van der Waals surface area (Å²) in [6.45, 7) is 1.78. The molecular formula is C14H19N5O2S. The Balaban J connectivity index is 1.66. The van der Waals surface area contributed by atoms with Crippen molar-refractivity contribution in [3.05, 3.63) is 42.5 Å². The number of nitrogens with zero attached hydrogens (tertiary/aromatic N) is 4. The molecule has 1 N–H and O–H groups in total. The van der Waals surface area contributed by atoms with Crippen LogP contribution in [-0.2, 0) is 16.6 Å². The minimum atomic E-state index is -3.09. The van der Waals surface area contributed by atoms with E-state index in [0.717, 1.165) is 17.7 Å². The van der Waals surface area contributed by atoms with Crippen LogP contribution in [0.5, 0.6) is 0 Å². The van der Waals surface area contributed by atoms with Crippen molar-refractivity contribution < 1.29 is 8.42 Å². The molecule has 8 heteroatoms. The lowest BCUT2D eigenvalue weighted by Crippen LogP contribution is -2.34. The Morgan fingerprint density at radius 1 is 1.36 bits per heavy atom. The standard InChI is InChI=1S/C14H19N5O2S/c1-22(20,21)18-7-6-13(9-18)16-8-12-4-2-3-5-14(12)19-11-15-10-17-19/h2-5,10-11,13,16H,6-9H2,1H3. The van der Waals surface area contributed by atoms with E-state index in [1.54, 1.807) is 11.0 Å². The summed E-state index contributed by atoms with van der Waals surface area (Å²) < 4.78 is 26.3. The van der Waals surface area contributed by atoms with Gasteiger partial charge in [0.05, 0.1) is 11.9 Å². The fourth-order valence-corrected chi connectivity index (χ4v) is 3.55. The van der Waals surface area contributed by atoms with E-state index in [1.807, 2.05) is 24.3 Å². The molecular weight excluding hydrogens is 302 g/mol. The Morgan fingerprint density at radius 2 is 2.18 bits per heavy atom. The Bertz CT molecular complexity index is 729. The Morgan fingerprint density at radius 3 is 2.86 bits per heavy atom. The van der Waals surface area contributed by atoms with Gasteiger partial charge in [0.15, 0.2) is 0 Å². The van der Waals surface area contributed by atoms with Gasteiger partial charge >= 0.3 is 0 Å². The summed E-state index contributed by atoms with van der Waals surface area (Å²) in [4.78, 5) is 3.97. The van der Waals surface area contributed by atoms with Gasteiger partial charge in [-0.15, -0.1) is 0 Å². The predicted molar refractivity (Wildman–Crippen MR) is 83.0 cm³/mol. The summed E-state index contributed by atoms with van der Waals surface area (Å²) in [5, 5.41) is 7.60. The van der Waals surface area contributed by atoms with Crippen LogP contribution in [0.3, 0.4) is 0 Å². The Kier molecular flexibility index (Phi) is 4.23. The third kappa shape index (κ3) is 3.34. The van der Waals surface area contributed by atoms with Crippen LogP contribution in [0, 0.1) is 0 Å². The molecule has 0 amide bonds. The van der Waals surface area contributed by atoms with Gasteiger partial charge in [0.2, 0.25) is 10.0 Å². The summed E-state index contributed by atoms with van der Waals surface area (Å²) in [6, 6.07) is 8.14. The van der Waals surface area contributed by atoms with E-state index in [-0.39, 0.29) is 6.04 Å². The second kappa shape index (κ2) is 6.15. The van der Waals surface area contributed by atoms with E-state index >= 15 is 0 Å². The van der Waals surface area contributed by atoms with Gasteiger partial charge < -0.3 is 5.32 Å². The third-order valence-corrected chi connectivity index (χ3v) is 5.13. The maximum atomic E-state index is 11.5. The van der Waals surface area contributed by atoms with Crippen LogP contribution in [0.2, 0.25) is 0 Å². The molecule has 1 aliphatic rings. The van der Waals surface area contributed by atoms with E-state index in [1.165, 1.54) is 16.9 Å². The minimum Gasteiger partial charge on any atom is -0.308 e. The van der Waals surface area contributed by atoms with Crippen molar-refractivity contribution in [2.24, 2.45) is 0 Å². The first kappa shape index (κ1) is 15.1.